The summed E-state index contributed by atoms with van der Waals surface area (Å²) in [5.74, 6) is 0. The van der Waals surface area contributed by atoms with Gasteiger partial charge in [-0.3, -0.25) is 0 Å². The molecule has 0 radical (unpaired) electrons. The van der Waals surface area contributed by atoms with Gasteiger partial charge in [-0.1, -0.05) is 140 Å². The molecule has 6 heteroatoms. The molecule has 50 heavy (non-hydrogen) atoms. The van der Waals surface area contributed by atoms with Crippen LogP contribution >= 0.6 is 0 Å². The van der Waals surface area contributed by atoms with Crippen LogP contribution in [-0.2, 0) is 18.9 Å². The van der Waals surface area contributed by atoms with E-state index in [2.05, 4.69) is 50.3 Å². The number of ether oxygens (including phenoxy) is 4. The van der Waals surface area contributed by atoms with Crippen LogP contribution in [0, 0.1) is 0 Å². The molecule has 0 amide bonds. The maximum absolute atomic E-state index is 11.2. The van der Waals surface area contributed by atoms with E-state index >= 15 is 0 Å². The van der Waals surface area contributed by atoms with Gasteiger partial charge in [0.1, 0.15) is 6.10 Å². The van der Waals surface area contributed by atoms with Gasteiger partial charge in [-0.15, -0.1) is 0 Å². The molecule has 0 saturated carbocycles. The third-order valence-electron chi connectivity index (χ3n) is 9.63. The molecular weight excluding hydrogens is 624 g/mol. The fourth-order valence-corrected chi connectivity index (χ4v) is 6.51. The number of hydrogen-bond donors (Lipinski definition) is 1. The van der Waals surface area contributed by atoms with Crippen molar-refractivity contribution in [1.29, 1.82) is 0 Å². The zero-order valence-electron chi connectivity index (χ0n) is 32.8. The van der Waals surface area contributed by atoms with Crippen molar-refractivity contribution >= 4 is 6.16 Å². The van der Waals surface area contributed by atoms with Gasteiger partial charge in [0.05, 0.1) is 12.7 Å². The lowest BCUT2D eigenvalue weighted by Gasteiger charge is -2.27. The summed E-state index contributed by atoms with van der Waals surface area (Å²) in [7, 11) is 0. The van der Waals surface area contributed by atoms with Gasteiger partial charge in [-0.2, -0.15) is 0 Å². The molecular formula is C44H80O6. The van der Waals surface area contributed by atoms with E-state index in [0.717, 1.165) is 70.8 Å². The lowest BCUT2D eigenvalue weighted by Crippen LogP contribution is -2.27. The van der Waals surface area contributed by atoms with Gasteiger partial charge in [0, 0.05) is 13.2 Å². The number of carboxylic acid groups (broad SMARTS) is 1. The Labute approximate surface area is 309 Å². The number of unbranched alkanes of at least 4 members (excludes halogenated alkanes) is 18. The Kier molecular flexibility index (Phi) is 34.5. The summed E-state index contributed by atoms with van der Waals surface area (Å²) in [6.07, 6.45) is 46.8. The Morgan fingerprint density at radius 1 is 0.660 bits per heavy atom. The van der Waals surface area contributed by atoms with Crippen molar-refractivity contribution < 1.29 is 28.8 Å². The van der Waals surface area contributed by atoms with Gasteiger partial charge in [-0.05, 0) is 96.3 Å². The molecule has 0 aromatic heterocycles. The van der Waals surface area contributed by atoms with E-state index in [-0.39, 0.29) is 18.5 Å². The molecule has 0 aliphatic carbocycles. The first-order valence-corrected chi connectivity index (χ1v) is 21.3. The van der Waals surface area contributed by atoms with Crippen LogP contribution in [0.15, 0.2) is 36.5 Å². The first kappa shape index (κ1) is 46.4. The monoisotopic (exact) mass is 705 g/mol. The summed E-state index contributed by atoms with van der Waals surface area (Å²) in [5.41, 5.74) is 0. The second kappa shape index (κ2) is 37.1. The SMILES string of the molecule is CCCCCC=CCC=CCCCCCCCCOCC(CCCCCCCCC=CC[C@@H](CCCCCC)OC1CCCCO1)OC(=O)O. The molecule has 1 aliphatic heterocycles. The van der Waals surface area contributed by atoms with Crippen LogP contribution in [0.4, 0.5) is 4.79 Å². The summed E-state index contributed by atoms with van der Waals surface area (Å²) in [6.45, 7) is 6.41. The third-order valence-corrected chi connectivity index (χ3v) is 9.63. The Bertz CT molecular complexity index is 802. The maximum Gasteiger partial charge on any atom is 0.506 e. The van der Waals surface area contributed by atoms with Gasteiger partial charge < -0.3 is 24.1 Å². The Morgan fingerprint density at radius 2 is 1.20 bits per heavy atom. The van der Waals surface area contributed by atoms with Crippen molar-refractivity contribution in [3.8, 4) is 0 Å². The Morgan fingerprint density at radius 3 is 1.82 bits per heavy atom. The molecule has 6 nitrogen and oxygen atoms in total. The average molecular weight is 705 g/mol. The summed E-state index contributed by atoms with van der Waals surface area (Å²) < 4.78 is 23.1. The number of hydrogen-bond acceptors (Lipinski definition) is 5. The molecule has 0 spiro atoms. The molecule has 1 N–H and O–H groups in total. The molecule has 1 fully saturated rings. The summed E-state index contributed by atoms with van der Waals surface area (Å²) in [4.78, 5) is 11.2. The number of rotatable bonds is 36. The average Bonchev–Trinajstić information content (AvgIpc) is 3.11. The minimum atomic E-state index is -1.20. The molecule has 1 aliphatic rings. The van der Waals surface area contributed by atoms with Crippen molar-refractivity contribution in [2.75, 3.05) is 19.8 Å². The lowest BCUT2D eigenvalue weighted by atomic mass is 10.0. The zero-order chi connectivity index (χ0) is 36.0. The van der Waals surface area contributed by atoms with Gasteiger partial charge in [0.15, 0.2) is 6.29 Å². The summed E-state index contributed by atoms with van der Waals surface area (Å²) >= 11 is 0. The first-order valence-electron chi connectivity index (χ1n) is 21.3. The molecule has 2 unspecified atom stereocenters. The van der Waals surface area contributed by atoms with Crippen LogP contribution in [0.25, 0.3) is 0 Å². The molecule has 0 aromatic rings. The summed E-state index contributed by atoms with van der Waals surface area (Å²) in [6, 6.07) is 0. The van der Waals surface area contributed by atoms with Crippen LogP contribution in [-0.4, -0.2) is 49.6 Å². The lowest BCUT2D eigenvalue weighted by molar-refractivity contribution is -0.188. The van der Waals surface area contributed by atoms with Gasteiger partial charge in [0.2, 0.25) is 0 Å². The molecule has 3 atom stereocenters. The van der Waals surface area contributed by atoms with E-state index in [1.165, 1.54) is 122 Å². The first-order chi connectivity index (χ1) is 24.7. The van der Waals surface area contributed by atoms with E-state index < -0.39 is 6.16 Å². The Hall–Kier alpha value is -1.63. The highest BCUT2D eigenvalue weighted by Gasteiger charge is 2.19. The molecule has 292 valence electrons. The van der Waals surface area contributed by atoms with E-state index in [1.807, 2.05) is 0 Å². The van der Waals surface area contributed by atoms with Crippen LogP contribution in [0.5, 0.6) is 0 Å². The Balaban J connectivity index is 2.01. The summed E-state index contributed by atoms with van der Waals surface area (Å²) in [5, 5.41) is 9.16. The van der Waals surface area contributed by atoms with Gasteiger partial charge in [-0.25, -0.2) is 4.79 Å². The number of carbonyl (C=O) groups is 1. The van der Waals surface area contributed by atoms with E-state index in [4.69, 9.17) is 24.1 Å². The fraction of sp³-hybridized carbons (Fsp3) is 0.841. The number of allylic oxidation sites excluding steroid dienone is 5. The molecule has 0 bridgehead atoms. The molecule has 1 heterocycles. The zero-order valence-corrected chi connectivity index (χ0v) is 32.8. The highest BCUT2D eigenvalue weighted by atomic mass is 16.7. The smallest absolute Gasteiger partial charge is 0.450 e. The minimum Gasteiger partial charge on any atom is -0.450 e. The van der Waals surface area contributed by atoms with Crippen LogP contribution in [0.1, 0.15) is 200 Å². The molecule has 1 saturated heterocycles. The normalized spacial score (nSPS) is 16.6. The van der Waals surface area contributed by atoms with Crippen molar-refractivity contribution in [1.82, 2.24) is 0 Å². The standard InChI is InChI=1S/C44H80O6/c1-3-5-7-9-10-11-12-13-14-15-16-17-21-24-27-32-38-47-40-42(50-44(45)46)36-30-26-23-20-18-19-22-25-29-35-41(34-28-8-6-4-2)49-43-37-31-33-39-48-43/h10-11,13-14,25,29,41-43H,3-9,12,15-24,26-28,30-40H2,1-2H3,(H,45,46)/t41-,42?,43?/m1/s1. The molecule has 1 rings (SSSR count). The van der Waals surface area contributed by atoms with Crippen LogP contribution < -0.4 is 0 Å². The quantitative estimate of drug-likeness (QED) is 0.0397. The van der Waals surface area contributed by atoms with Crippen molar-refractivity contribution in [2.45, 2.75) is 219 Å². The van der Waals surface area contributed by atoms with Gasteiger partial charge >= 0.3 is 6.16 Å². The maximum atomic E-state index is 11.2. The predicted molar refractivity (Wildman–Crippen MR) is 211 cm³/mol. The van der Waals surface area contributed by atoms with Crippen LogP contribution in [0.3, 0.4) is 0 Å². The van der Waals surface area contributed by atoms with Crippen molar-refractivity contribution in [2.24, 2.45) is 0 Å². The molecule has 0 aromatic carbocycles. The highest BCUT2D eigenvalue weighted by Crippen LogP contribution is 2.21. The second-order valence-corrected chi connectivity index (χ2v) is 14.5. The highest BCUT2D eigenvalue weighted by molar-refractivity contribution is 5.57. The van der Waals surface area contributed by atoms with Crippen molar-refractivity contribution in [3.63, 3.8) is 0 Å². The van der Waals surface area contributed by atoms with E-state index in [0.29, 0.717) is 13.2 Å². The van der Waals surface area contributed by atoms with Gasteiger partial charge in [0.25, 0.3) is 0 Å². The van der Waals surface area contributed by atoms with Crippen LogP contribution in [0.2, 0.25) is 0 Å². The van der Waals surface area contributed by atoms with E-state index in [9.17, 15) is 4.79 Å². The van der Waals surface area contributed by atoms with Crippen molar-refractivity contribution in [3.05, 3.63) is 36.5 Å². The van der Waals surface area contributed by atoms with E-state index in [1.54, 1.807) is 0 Å². The largest absolute Gasteiger partial charge is 0.506 e. The second-order valence-electron chi connectivity index (χ2n) is 14.5. The minimum absolute atomic E-state index is 0.00224. The fourth-order valence-electron chi connectivity index (χ4n) is 6.51. The third kappa shape index (κ3) is 32.3. The predicted octanol–water partition coefficient (Wildman–Crippen LogP) is 13.8. The topological polar surface area (TPSA) is 74.2 Å².